The molecule has 0 saturated heterocycles. The number of nitrogens with zero attached hydrogens (tertiary/aromatic N) is 1. The van der Waals surface area contributed by atoms with Gasteiger partial charge in [0.25, 0.3) is 0 Å². The molecule has 2 N–H and O–H groups in total. The van der Waals surface area contributed by atoms with Crippen LogP contribution in [-0.2, 0) is 14.4 Å². The van der Waals surface area contributed by atoms with Gasteiger partial charge < -0.3 is 24.6 Å². The van der Waals surface area contributed by atoms with Gasteiger partial charge in [0.1, 0.15) is 6.54 Å². The van der Waals surface area contributed by atoms with Crippen LogP contribution in [0.15, 0.2) is 0 Å². The third kappa shape index (κ3) is 11.6. The predicted molar refractivity (Wildman–Crippen MR) is 82.6 cm³/mol. The molecule has 7 nitrogen and oxygen atoms in total. The average Bonchev–Trinajstić information content (AvgIpc) is 2.39. The van der Waals surface area contributed by atoms with Crippen molar-refractivity contribution in [3.05, 3.63) is 0 Å². The molecule has 23 heavy (non-hydrogen) atoms. The molecule has 0 spiro atoms. The topological polar surface area (TPSA) is 115 Å². The van der Waals surface area contributed by atoms with E-state index in [0.29, 0.717) is 6.42 Å². The number of carboxylic acid groups (broad SMARTS) is 3. The smallest absolute Gasteiger partial charge is 0.359 e. The summed E-state index contributed by atoms with van der Waals surface area (Å²) in [6.45, 7) is 0.754. The van der Waals surface area contributed by atoms with E-state index in [1.54, 1.807) is 0 Å². The molecule has 0 aromatic rings. The summed E-state index contributed by atoms with van der Waals surface area (Å²) < 4.78 is -0.497. The number of unbranched alkanes of at least 4 members (excludes halogenated alkanes) is 7. The second kappa shape index (κ2) is 11.9. The van der Waals surface area contributed by atoms with E-state index in [9.17, 15) is 19.5 Å². The molecule has 0 aliphatic carbocycles. The van der Waals surface area contributed by atoms with Crippen molar-refractivity contribution in [2.45, 2.75) is 58.3 Å². The number of carboxylic acids is 3. The highest BCUT2D eigenvalue weighted by atomic mass is 16.4. The zero-order valence-electron chi connectivity index (χ0n) is 14.0. The van der Waals surface area contributed by atoms with Gasteiger partial charge in [-0.15, -0.1) is 0 Å². The first-order valence-electron chi connectivity index (χ1n) is 8.30. The lowest BCUT2D eigenvalue weighted by Crippen LogP contribution is -2.59. The monoisotopic (exact) mass is 331 g/mol. The van der Waals surface area contributed by atoms with Crippen LogP contribution >= 0.6 is 0 Å². The molecular formula is C16H29NO6. The Kier molecular flexibility index (Phi) is 11.0. The van der Waals surface area contributed by atoms with Crippen molar-refractivity contribution in [1.82, 2.24) is 0 Å². The Morgan fingerprint density at radius 1 is 0.783 bits per heavy atom. The molecule has 0 aromatic heterocycles. The summed E-state index contributed by atoms with van der Waals surface area (Å²) in [6.07, 6.45) is 8.33. The minimum absolute atomic E-state index is 0.224. The Morgan fingerprint density at radius 3 is 1.61 bits per heavy atom. The summed E-state index contributed by atoms with van der Waals surface area (Å²) in [6, 6.07) is 0. The fourth-order valence-electron chi connectivity index (χ4n) is 2.83. The highest BCUT2D eigenvalue weighted by Crippen LogP contribution is 2.13. The van der Waals surface area contributed by atoms with Gasteiger partial charge in [0.05, 0.1) is 12.5 Å². The zero-order valence-corrected chi connectivity index (χ0v) is 14.0. The second-order valence-electron chi connectivity index (χ2n) is 6.17. The zero-order chi connectivity index (χ0) is 17.7. The molecule has 0 aliphatic rings. The summed E-state index contributed by atoms with van der Waals surface area (Å²) in [5, 5.41) is 28.9. The molecule has 0 unspecified atom stereocenters. The fourth-order valence-corrected chi connectivity index (χ4v) is 2.83. The van der Waals surface area contributed by atoms with Gasteiger partial charge in [-0.1, -0.05) is 45.4 Å². The van der Waals surface area contributed by atoms with Gasteiger partial charge >= 0.3 is 11.9 Å². The Morgan fingerprint density at radius 2 is 1.22 bits per heavy atom. The van der Waals surface area contributed by atoms with E-state index in [2.05, 4.69) is 6.92 Å². The molecule has 0 bridgehead atoms. The van der Waals surface area contributed by atoms with Crippen LogP contribution in [0.4, 0.5) is 0 Å². The lowest BCUT2D eigenvalue weighted by Gasteiger charge is -2.36. The molecule has 7 heteroatoms. The van der Waals surface area contributed by atoms with Gasteiger partial charge in [-0.05, 0) is 12.8 Å². The van der Waals surface area contributed by atoms with Gasteiger partial charge in [0.15, 0.2) is 13.1 Å². The van der Waals surface area contributed by atoms with Crippen LogP contribution in [-0.4, -0.2) is 58.8 Å². The number of rotatable bonds is 15. The first-order chi connectivity index (χ1) is 10.8. The number of hydrogen-bond acceptors (Lipinski definition) is 4. The van der Waals surface area contributed by atoms with E-state index >= 15 is 0 Å². The van der Waals surface area contributed by atoms with Crippen molar-refractivity contribution in [2.24, 2.45) is 0 Å². The van der Waals surface area contributed by atoms with Crippen LogP contribution in [0, 0.1) is 0 Å². The number of quaternary nitrogens is 1. The number of carbonyl (C=O) groups excluding carboxylic acids is 1. The quantitative estimate of drug-likeness (QED) is 0.340. The molecule has 0 amide bonds. The van der Waals surface area contributed by atoms with Gasteiger partial charge in [0.2, 0.25) is 0 Å². The minimum atomic E-state index is -1.42. The van der Waals surface area contributed by atoms with E-state index in [4.69, 9.17) is 10.2 Å². The Hall–Kier alpha value is -1.63. The molecule has 0 saturated carbocycles. The maximum Gasteiger partial charge on any atom is 0.359 e. The molecular weight excluding hydrogens is 302 g/mol. The fraction of sp³-hybridized carbons (Fsp3) is 0.812. The van der Waals surface area contributed by atoms with Gasteiger partial charge in [-0.2, -0.15) is 0 Å². The summed E-state index contributed by atoms with van der Waals surface area (Å²) in [5.41, 5.74) is 0. The summed E-state index contributed by atoms with van der Waals surface area (Å²) in [4.78, 5) is 32.9. The van der Waals surface area contributed by atoms with Crippen molar-refractivity contribution in [3.63, 3.8) is 0 Å². The van der Waals surface area contributed by atoms with Crippen molar-refractivity contribution >= 4 is 17.9 Å². The van der Waals surface area contributed by atoms with Gasteiger partial charge in [-0.25, -0.2) is 9.59 Å². The number of hydrogen-bond donors (Lipinski definition) is 2. The van der Waals surface area contributed by atoms with Crippen LogP contribution in [0.1, 0.15) is 58.3 Å². The number of carbonyl (C=O) groups is 3. The summed E-state index contributed by atoms with van der Waals surface area (Å²) >= 11 is 0. The predicted octanol–water partition coefficient (Wildman–Crippen LogP) is 0.863. The lowest BCUT2D eigenvalue weighted by atomic mass is 10.1. The van der Waals surface area contributed by atoms with Crippen molar-refractivity contribution < 1.29 is 34.2 Å². The van der Waals surface area contributed by atoms with Crippen molar-refractivity contribution in [3.8, 4) is 0 Å². The van der Waals surface area contributed by atoms with E-state index in [0.717, 1.165) is 25.7 Å². The van der Waals surface area contributed by atoms with Gasteiger partial charge in [0, 0.05) is 0 Å². The first kappa shape index (κ1) is 21.4. The normalized spacial score (nSPS) is 11.3. The van der Waals surface area contributed by atoms with Crippen molar-refractivity contribution in [2.75, 3.05) is 26.2 Å². The molecule has 134 valence electrons. The standard InChI is InChI=1S/C16H29NO6/c1-2-3-4-5-6-7-8-9-10-17(11-14(18)19,12-15(20)21)13-16(22)23/h2-13H2,1H3,(H2-,18,19,20,21,22,23). The number of aliphatic carboxylic acids is 3. The highest BCUT2D eigenvalue weighted by molar-refractivity contribution is 5.72. The van der Waals surface area contributed by atoms with Crippen LogP contribution in [0.25, 0.3) is 0 Å². The van der Waals surface area contributed by atoms with Crippen LogP contribution in [0.2, 0.25) is 0 Å². The van der Waals surface area contributed by atoms with E-state index < -0.39 is 42.0 Å². The molecule has 0 aliphatic heterocycles. The third-order valence-electron chi connectivity index (χ3n) is 3.89. The third-order valence-corrected chi connectivity index (χ3v) is 3.89. The second-order valence-corrected chi connectivity index (χ2v) is 6.17. The Labute approximate surface area is 137 Å². The SMILES string of the molecule is CCCCCCCCCC[N+](CC(=O)[O-])(CC(=O)O)CC(=O)O. The van der Waals surface area contributed by atoms with Crippen molar-refractivity contribution in [1.29, 1.82) is 0 Å². The Balaban J connectivity index is 4.41. The molecule has 0 aromatic carbocycles. The van der Waals surface area contributed by atoms with E-state index in [1.165, 1.54) is 19.3 Å². The summed E-state index contributed by atoms with van der Waals surface area (Å²) in [5.74, 6) is -3.83. The van der Waals surface area contributed by atoms with Crippen LogP contribution < -0.4 is 5.11 Å². The van der Waals surface area contributed by atoms with Gasteiger partial charge in [-0.3, -0.25) is 0 Å². The Bertz CT molecular complexity index is 342. The minimum Gasteiger partial charge on any atom is -0.544 e. The molecule has 0 radical (unpaired) electrons. The van der Waals surface area contributed by atoms with E-state index in [1.807, 2.05) is 0 Å². The van der Waals surface area contributed by atoms with E-state index in [-0.39, 0.29) is 6.54 Å². The maximum absolute atomic E-state index is 11.0. The molecule has 0 atom stereocenters. The molecule has 0 rings (SSSR count). The lowest BCUT2D eigenvalue weighted by molar-refractivity contribution is -0.909. The largest absolute Gasteiger partial charge is 0.544 e. The summed E-state index contributed by atoms with van der Waals surface area (Å²) in [7, 11) is 0. The first-order valence-corrected chi connectivity index (χ1v) is 8.30. The molecule has 0 heterocycles. The molecule has 0 fully saturated rings. The van der Waals surface area contributed by atoms with Crippen LogP contribution in [0.3, 0.4) is 0 Å². The maximum atomic E-state index is 11.0. The highest BCUT2D eigenvalue weighted by Gasteiger charge is 2.33. The van der Waals surface area contributed by atoms with Crippen LogP contribution in [0.5, 0.6) is 0 Å². The average molecular weight is 331 g/mol.